The smallest absolute Gasteiger partial charge is 0.337 e. The summed E-state index contributed by atoms with van der Waals surface area (Å²) in [5, 5.41) is 3.60. The van der Waals surface area contributed by atoms with Crippen LogP contribution in [0.25, 0.3) is 0 Å². The standard InChI is InChI=1S/C34H42ClN3O5/c1-42-33(41)27-4-2-23(3-5-27)22-43-30-7-6-29(35)15-28(30)21-37-8-10-38(11-9-37)32(40)20-36-31(39)19-34-16-24-12-25(17-34)14-26(13-24)18-34/h2-7,15,24-26H,8-14,16-22H2,1H3,(H,36,39). The molecule has 0 spiro atoms. The molecule has 230 valence electrons. The van der Waals surface area contributed by atoms with Crippen LogP contribution in [0.2, 0.25) is 5.02 Å². The van der Waals surface area contributed by atoms with Crippen LogP contribution in [0.15, 0.2) is 42.5 Å². The highest BCUT2D eigenvalue weighted by atomic mass is 35.5. The highest BCUT2D eigenvalue weighted by Gasteiger charge is 2.51. The zero-order valence-electron chi connectivity index (χ0n) is 25.0. The minimum Gasteiger partial charge on any atom is -0.489 e. The van der Waals surface area contributed by atoms with E-state index in [-0.39, 0.29) is 29.7 Å². The van der Waals surface area contributed by atoms with Gasteiger partial charge in [0.2, 0.25) is 11.8 Å². The van der Waals surface area contributed by atoms with Gasteiger partial charge in [0.25, 0.3) is 0 Å². The van der Waals surface area contributed by atoms with Crippen molar-refractivity contribution in [2.75, 3.05) is 39.8 Å². The lowest BCUT2D eigenvalue weighted by atomic mass is 9.49. The van der Waals surface area contributed by atoms with Crippen molar-refractivity contribution in [3.63, 3.8) is 0 Å². The number of methoxy groups -OCH3 is 1. The Morgan fingerprint density at radius 2 is 1.58 bits per heavy atom. The minimum atomic E-state index is -0.369. The van der Waals surface area contributed by atoms with Gasteiger partial charge in [0, 0.05) is 49.7 Å². The van der Waals surface area contributed by atoms with E-state index in [0.717, 1.165) is 47.7 Å². The molecule has 0 radical (unpaired) electrons. The number of esters is 1. The van der Waals surface area contributed by atoms with Gasteiger partial charge in [-0.25, -0.2) is 4.79 Å². The Bertz CT molecular complexity index is 1300. The Labute approximate surface area is 259 Å². The largest absolute Gasteiger partial charge is 0.489 e. The molecule has 5 fully saturated rings. The maximum Gasteiger partial charge on any atom is 0.337 e. The lowest BCUT2D eigenvalue weighted by Gasteiger charge is -2.56. The van der Waals surface area contributed by atoms with Gasteiger partial charge in [-0.15, -0.1) is 0 Å². The summed E-state index contributed by atoms with van der Waals surface area (Å²) in [5.74, 6) is 2.87. The molecule has 43 heavy (non-hydrogen) atoms. The van der Waals surface area contributed by atoms with Crippen LogP contribution in [0.5, 0.6) is 5.75 Å². The van der Waals surface area contributed by atoms with E-state index in [1.165, 1.54) is 45.6 Å². The van der Waals surface area contributed by atoms with Crippen LogP contribution < -0.4 is 10.1 Å². The maximum atomic E-state index is 13.0. The maximum absolute atomic E-state index is 13.0. The molecular formula is C34H42ClN3O5. The topological polar surface area (TPSA) is 88.2 Å². The Morgan fingerprint density at radius 3 is 2.21 bits per heavy atom. The first kappa shape index (κ1) is 29.9. The van der Waals surface area contributed by atoms with Crippen molar-refractivity contribution in [2.45, 2.75) is 58.1 Å². The number of ether oxygens (including phenoxy) is 2. The number of hydrogen-bond donors (Lipinski definition) is 1. The lowest BCUT2D eigenvalue weighted by molar-refractivity contribution is -0.136. The fraction of sp³-hybridized carbons (Fsp3) is 0.559. The molecule has 1 heterocycles. The number of nitrogens with zero attached hydrogens (tertiary/aromatic N) is 2. The van der Waals surface area contributed by atoms with E-state index in [0.29, 0.717) is 43.2 Å². The monoisotopic (exact) mass is 607 g/mol. The molecule has 8 nitrogen and oxygen atoms in total. The van der Waals surface area contributed by atoms with Crippen molar-refractivity contribution in [3.8, 4) is 5.75 Å². The van der Waals surface area contributed by atoms with Gasteiger partial charge in [-0.3, -0.25) is 14.5 Å². The SMILES string of the molecule is COC(=O)c1ccc(COc2ccc(Cl)cc2CN2CCN(C(=O)CNC(=O)CC34CC5CC(CC(C5)C3)C4)CC2)cc1. The van der Waals surface area contributed by atoms with E-state index in [2.05, 4.69) is 10.2 Å². The van der Waals surface area contributed by atoms with Crippen LogP contribution in [0, 0.1) is 23.2 Å². The number of nitrogens with one attached hydrogen (secondary N) is 1. The fourth-order valence-electron chi connectivity index (χ4n) is 8.42. The molecule has 0 atom stereocenters. The summed E-state index contributed by atoms with van der Waals surface area (Å²) in [6.07, 6.45) is 8.28. The molecule has 9 heteroatoms. The summed E-state index contributed by atoms with van der Waals surface area (Å²) >= 11 is 6.33. The molecule has 1 saturated heterocycles. The summed E-state index contributed by atoms with van der Waals surface area (Å²) in [6.45, 7) is 3.79. The first-order valence-corrected chi connectivity index (χ1v) is 16.0. The highest BCUT2D eigenvalue weighted by molar-refractivity contribution is 6.30. The molecule has 1 N–H and O–H groups in total. The van der Waals surface area contributed by atoms with Crippen LogP contribution in [0.3, 0.4) is 0 Å². The van der Waals surface area contributed by atoms with E-state index >= 15 is 0 Å². The van der Waals surface area contributed by atoms with Gasteiger partial charge in [0.15, 0.2) is 0 Å². The first-order chi connectivity index (χ1) is 20.8. The number of piperazine rings is 1. The molecule has 2 aromatic rings. The van der Waals surface area contributed by atoms with Crippen LogP contribution in [-0.2, 0) is 27.5 Å². The average Bonchev–Trinajstić information content (AvgIpc) is 2.99. The molecule has 7 rings (SSSR count). The third-order valence-electron chi connectivity index (χ3n) is 10.0. The number of rotatable bonds is 10. The second-order valence-corrected chi connectivity index (χ2v) is 13.7. The summed E-state index contributed by atoms with van der Waals surface area (Å²) in [5.41, 5.74) is 2.60. The third-order valence-corrected chi connectivity index (χ3v) is 10.3. The summed E-state index contributed by atoms with van der Waals surface area (Å²) in [6, 6.07) is 12.8. The van der Waals surface area contributed by atoms with E-state index < -0.39 is 0 Å². The second kappa shape index (κ2) is 12.9. The third kappa shape index (κ3) is 7.18. The Kier molecular flexibility index (Phi) is 8.96. The molecule has 2 amide bonds. The summed E-state index contributed by atoms with van der Waals surface area (Å²) < 4.78 is 10.9. The predicted molar refractivity (Wildman–Crippen MR) is 164 cm³/mol. The number of amides is 2. The van der Waals surface area contributed by atoms with Crippen molar-refractivity contribution >= 4 is 29.4 Å². The minimum absolute atomic E-state index is 0.0106. The van der Waals surface area contributed by atoms with Crippen molar-refractivity contribution in [1.29, 1.82) is 0 Å². The molecule has 4 saturated carbocycles. The molecular weight excluding hydrogens is 566 g/mol. The van der Waals surface area contributed by atoms with Gasteiger partial charge in [-0.1, -0.05) is 23.7 Å². The van der Waals surface area contributed by atoms with Gasteiger partial charge in [0.05, 0.1) is 19.2 Å². The van der Waals surface area contributed by atoms with E-state index in [9.17, 15) is 14.4 Å². The van der Waals surface area contributed by atoms with E-state index in [4.69, 9.17) is 21.1 Å². The molecule has 2 aromatic carbocycles. The van der Waals surface area contributed by atoms with Crippen molar-refractivity contribution in [2.24, 2.45) is 23.2 Å². The molecule has 4 bridgehead atoms. The predicted octanol–water partition coefficient (Wildman–Crippen LogP) is 5.07. The molecule has 0 aromatic heterocycles. The van der Waals surface area contributed by atoms with E-state index in [1.54, 1.807) is 12.1 Å². The van der Waals surface area contributed by atoms with Gasteiger partial charge in [0.1, 0.15) is 12.4 Å². The zero-order valence-corrected chi connectivity index (χ0v) is 25.7. The first-order valence-electron chi connectivity index (χ1n) is 15.6. The normalized spacial score (nSPS) is 26.3. The Hall–Kier alpha value is -3.10. The number of halogens is 1. The average molecular weight is 608 g/mol. The van der Waals surface area contributed by atoms with E-state index in [1.807, 2.05) is 35.2 Å². The van der Waals surface area contributed by atoms with Gasteiger partial charge in [-0.2, -0.15) is 0 Å². The van der Waals surface area contributed by atoms with Crippen LogP contribution in [-0.4, -0.2) is 67.4 Å². The lowest BCUT2D eigenvalue weighted by Crippen LogP contribution is -2.51. The number of carbonyl (C=O) groups excluding carboxylic acids is 3. The van der Waals surface area contributed by atoms with Crippen molar-refractivity contribution in [3.05, 3.63) is 64.2 Å². The van der Waals surface area contributed by atoms with Gasteiger partial charge in [-0.05, 0) is 97.6 Å². The van der Waals surface area contributed by atoms with Gasteiger partial charge >= 0.3 is 5.97 Å². The van der Waals surface area contributed by atoms with Crippen molar-refractivity contribution < 1.29 is 23.9 Å². The Morgan fingerprint density at radius 1 is 0.930 bits per heavy atom. The van der Waals surface area contributed by atoms with Gasteiger partial charge < -0.3 is 19.7 Å². The molecule has 1 aliphatic heterocycles. The number of carbonyl (C=O) groups is 3. The number of benzene rings is 2. The van der Waals surface area contributed by atoms with Crippen LogP contribution in [0.1, 0.15) is 66.4 Å². The molecule has 4 aliphatic carbocycles. The second-order valence-electron chi connectivity index (χ2n) is 13.3. The quantitative estimate of drug-likeness (QED) is 0.379. The van der Waals surface area contributed by atoms with Crippen LogP contribution in [0.4, 0.5) is 0 Å². The summed E-state index contributed by atoms with van der Waals surface area (Å²) in [7, 11) is 1.36. The molecule has 0 unspecified atom stereocenters. The van der Waals surface area contributed by atoms with Crippen molar-refractivity contribution in [1.82, 2.24) is 15.1 Å². The number of hydrogen-bond acceptors (Lipinski definition) is 6. The van der Waals surface area contributed by atoms with Crippen LogP contribution >= 0.6 is 11.6 Å². The fourth-order valence-corrected chi connectivity index (χ4v) is 8.61. The zero-order chi connectivity index (χ0) is 30.0. The summed E-state index contributed by atoms with van der Waals surface area (Å²) in [4.78, 5) is 41.7. The molecule has 5 aliphatic rings. The Balaban J connectivity index is 0.955. The highest BCUT2D eigenvalue weighted by Crippen LogP contribution is 2.61.